The van der Waals surface area contributed by atoms with Gasteiger partial charge in [0, 0.05) is 25.0 Å². The quantitative estimate of drug-likeness (QED) is 0.891. The van der Waals surface area contributed by atoms with Gasteiger partial charge in [-0.15, -0.1) is 0 Å². The summed E-state index contributed by atoms with van der Waals surface area (Å²) < 4.78 is 19.5. The second-order valence-corrected chi connectivity index (χ2v) is 7.83. The summed E-state index contributed by atoms with van der Waals surface area (Å²) in [5.74, 6) is 0.447. The molecule has 1 aromatic carbocycles. The zero-order valence-corrected chi connectivity index (χ0v) is 15.3. The van der Waals surface area contributed by atoms with Crippen molar-refractivity contribution in [3.63, 3.8) is 0 Å². The van der Waals surface area contributed by atoms with E-state index in [2.05, 4.69) is 53.4 Å². The molecule has 1 aliphatic heterocycles. The highest BCUT2D eigenvalue weighted by atomic mass is 19.1. The Morgan fingerprint density at radius 3 is 2.54 bits per heavy atom. The van der Waals surface area contributed by atoms with Crippen molar-refractivity contribution in [3.8, 4) is 0 Å². The lowest BCUT2D eigenvalue weighted by molar-refractivity contribution is 0.122. The lowest BCUT2D eigenvalue weighted by Crippen LogP contribution is -2.37. The van der Waals surface area contributed by atoms with Crippen LogP contribution in [0.2, 0.25) is 0 Å². The minimum atomic E-state index is -0.387. The van der Waals surface area contributed by atoms with Crippen molar-refractivity contribution in [2.24, 2.45) is 5.41 Å². The van der Waals surface area contributed by atoms with Gasteiger partial charge < -0.3 is 15.0 Å². The van der Waals surface area contributed by atoms with Gasteiger partial charge in [0.25, 0.3) is 0 Å². The lowest BCUT2D eigenvalue weighted by atomic mass is 9.88. The number of nitrogens with zero attached hydrogens (tertiary/aromatic N) is 3. The first-order chi connectivity index (χ1) is 12.5. The number of morpholine rings is 1. The summed E-state index contributed by atoms with van der Waals surface area (Å²) in [5, 5.41) is 3.36. The molecule has 5 nitrogen and oxygen atoms in total. The minimum absolute atomic E-state index is 0.0606. The van der Waals surface area contributed by atoms with E-state index in [-0.39, 0.29) is 16.6 Å². The van der Waals surface area contributed by atoms with E-state index in [0.717, 1.165) is 13.0 Å². The smallest absolute Gasteiger partial charge is 0.224 e. The van der Waals surface area contributed by atoms with Crippen LogP contribution in [0.25, 0.3) is 0 Å². The fourth-order valence-corrected chi connectivity index (χ4v) is 4.03. The molecule has 0 amide bonds. The molecule has 2 aromatic rings. The van der Waals surface area contributed by atoms with Gasteiger partial charge in [-0.2, -0.15) is 4.98 Å². The molecule has 2 fully saturated rings. The number of halogens is 1. The molecular formula is C20H25FN4O. The summed E-state index contributed by atoms with van der Waals surface area (Å²) in [4.78, 5) is 10.5. The number of hydrogen-bond acceptors (Lipinski definition) is 5. The number of nitrogens with one attached hydrogen (secondary N) is 1. The van der Waals surface area contributed by atoms with Crippen molar-refractivity contribution in [3.05, 3.63) is 47.9 Å². The lowest BCUT2D eigenvalue weighted by Gasteiger charge is -2.28. The van der Waals surface area contributed by atoms with Crippen LogP contribution in [0.15, 0.2) is 36.5 Å². The highest BCUT2D eigenvalue weighted by Crippen LogP contribution is 2.64. The van der Waals surface area contributed by atoms with Gasteiger partial charge in [0.2, 0.25) is 5.95 Å². The minimum Gasteiger partial charge on any atom is -0.378 e. The SMILES string of the molecule is CC1(C)CC1(CNc1ncc(F)c(N2CCOCC2)n1)c1ccccc1. The molecule has 1 atom stereocenters. The molecule has 6 heteroatoms. The van der Waals surface area contributed by atoms with Crippen LogP contribution in [0.3, 0.4) is 0 Å². The molecular weight excluding hydrogens is 331 g/mol. The molecule has 1 unspecified atom stereocenters. The van der Waals surface area contributed by atoms with Gasteiger partial charge in [0.05, 0.1) is 19.4 Å². The van der Waals surface area contributed by atoms with Crippen LogP contribution in [-0.4, -0.2) is 42.8 Å². The maximum atomic E-state index is 14.2. The average Bonchev–Trinajstić information content (AvgIpc) is 3.25. The first-order valence-electron chi connectivity index (χ1n) is 9.16. The zero-order valence-electron chi connectivity index (χ0n) is 15.3. The van der Waals surface area contributed by atoms with Crippen LogP contribution in [0.1, 0.15) is 25.8 Å². The molecule has 1 aliphatic carbocycles. The Morgan fingerprint density at radius 2 is 1.88 bits per heavy atom. The largest absolute Gasteiger partial charge is 0.378 e. The molecule has 4 rings (SSSR count). The zero-order chi connectivity index (χ0) is 18.2. The number of aromatic nitrogens is 2. The molecule has 1 aromatic heterocycles. The van der Waals surface area contributed by atoms with Crippen molar-refractivity contribution >= 4 is 11.8 Å². The Balaban J connectivity index is 1.52. The van der Waals surface area contributed by atoms with Gasteiger partial charge in [-0.25, -0.2) is 9.37 Å². The Hall–Kier alpha value is -2.21. The van der Waals surface area contributed by atoms with Gasteiger partial charge in [-0.3, -0.25) is 0 Å². The summed E-state index contributed by atoms with van der Waals surface area (Å²) >= 11 is 0. The van der Waals surface area contributed by atoms with Crippen molar-refractivity contribution in [2.75, 3.05) is 43.1 Å². The Kier molecular flexibility index (Phi) is 4.31. The maximum Gasteiger partial charge on any atom is 0.224 e. The number of benzene rings is 1. The van der Waals surface area contributed by atoms with Crippen molar-refractivity contribution in [1.82, 2.24) is 9.97 Å². The fourth-order valence-electron chi connectivity index (χ4n) is 4.03. The Bertz CT molecular complexity index is 777. The normalized spacial score (nSPS) is 24.3. The van der Waals surface area contributed by atoms with Crippen molar-refractivity contribution in [2.45, 2.75) is 25.7 Å². The van der Waals surface area contributed by atoms with Gasteiger partial charge in [-0.1, -0.05) is 44.2 Å². The van der Waals surface area contributed by atoms with E-state index in [4.69, 9.17) is 4.74 Å². The summed E-state index contributed by atoms with van der Waals surface area (Å²) in [6.07, 6.45) is 2.36. The highest BCUT2D eigenvalue weighted by Gasteiger charge is 2.61. The van der Waals surface area contributed by atoms with Gasteiger partial charge in [0.1, 0.15) is 0 Å². The third kappa shape index (κ3) is 3.03. The molecule has 1 saturated carbocycles. The average molecular weight is 356 g/mol. The summed E-state index contributed by atoms with van der Waals surface area (Å²) in [5.41, 5.74) is 1.60. The molecule has 2 aliphatic rings. The van der Waals surface area contributed by atoms with Crippen LogP contribution in [-0.2, 0) is 10.2 Å². The standard InChI is InChI=1S/C20H25FN4O/c1-19(2)13-20(19,15-6-4-3-5-7-15)14-23-18-22-12-16(21)17(24-18)25-8-10-26-11-9-25/h3-7,12H,8-11,13-14H2,1-2H3,(H,22,23,24). The van der Waals surface area contributed by atoms with Crippen molar-refractivity contribution < 1.29 is 9.13 Å². The Labute approximate surface area is 153 Å². The topological polar surface area (TPSA) is 50.3 Å². The molecule has 0 radical (unpaired) electrons. The van der Waals surface area contributed by atoms with E-state index < -0.39 is 0 Å². The predicted octanol–water partition coefficient (Wildman–Crippen LogP) is 3.23. The van der Waals surface area contributed by atoms with Crippen LogP contribution in [0, 0.1) is 11.2 Å². The third-order valence-corrected chi connectivity index (χ3v) is 5.83. The molecule has 1 saturated heterocycles. The van der Waals surface area contributed by atoms with Crippen LogP contribution >= 0.6 is 0 Å². The van der Waals surface area contributed by atoms with E-state index in [1.807, 2.05) is 11.0 Å². The molecule has 2 heterocycles. The van der Waals surface area contributed by atoms with Crippen LogP contribution in [0.4, 0.5) is 16.2 Å². The van der Waals surface area contributed by atoms with Crippen molar-refractivity contribution in [1.29, 1.82) is 0 Å². The monoisotopic (exact) mass is 356 g/mol. The summed E-state index contributed by atoms with van der Waals surface area (Å²) in [6, 6.07) is 10.6. The van der Waals surface area contributed by atoms with E-state index >= 15 is 0 Å². The van der Waals surface area contributed by atoms with Crippen LogP contribution < -0.4 is 10.2 Å². The maximum absolute atomic E-state index is 14.2. The Morgan fingerprint density at radius 1 is 1.19 bits per heavy atom. The van der Waals surface area contributed by atoms with Gasteiger partial charge in [-0.05, 0) is 17.4 Å². The van der Waals surface area contributed by atoms with E-state index in [1.54, 1.807) is 0 Å². The second-order valence-electron chi connectivity index (χ2n) is 7.83. The third-order valence-electron chi connectivity index (χ3n) is 5.83. The van der Waals surface area contributed by atoms with Crippen LogP contribution in [0.5, 0.6) is 0 Å². The molecule has 1 N–H and O–H groups in total. The molecule has 0 spiro atoms. The number of ether oxygens (including phenoxy) is 1. The summed E-state index contributed by atoms with van der Waals surface area (Å²) in [6.45, 7) is 7.79. The van der Waals surface area contributed by atoms with Gasteiger partial charge in [0.15, 0.2) is 11.6 Å². The first-order valence-corrected chi connectivity index (χ1v) is 9.16. The number of anilines is 2. The fraction of sp³-hybridized carbons (Fsp3) is 0.500. The van der Waals surface area contributed by atoms with E-state index in [9.17, 15) is 4.39 Å². The number of rotatable bonds is 5. The predicted molar refractivity (Wildman–Crippen MR) is 100 cm³/mol. The van der Waals surface area contributed by atoms with E-state index in [0.29, 0.717) is 38.1 Å². The molecule has 138 valence electrons. The molecule has 26 heavy (non-hydrogen) atoms. The van der Waals surface area contributed by atoms with Gasteiger partial charge >= 0.3 is 0 Å². The number of hydrogen-bond donors (Lipinski definition) is 1. The first kappa shape index (κ1) is 17.2. The second kappa shape index (κ2) is 6.50. The highest BCUT2D eigenvalue weighted by molar-refractivity contribution is 5.46. The summed E-state index contributed by atoms with van der Waals surface area (Å²) in [7, 11) is 0. The molecule has 0 bridgehead atoms. The van der Waals surface area contributed by atoms with E-state index in [1.165, 1.54) is 11.8 Å².